The van der Waals surface area contributed by atoms with Crippen LogP contribution in [-0.2, 0) is 30.5 Å². The Kier molecular flexibility index (Phi) is 8.94. The first-order valence-corrected chi connectivity index (χ1v) is 13.1. The molecule has 1 aliphatic heterocycles. The number of carbonyl (C=O) groups is 5. The second kappa shape index (κ2) is 11.6. The first-order chi connectivity index (χ1) is 18.9. The number of nitrogens with two attached hydrogens (primary N) is 1. The molecule has 226 valence electrons. The summed E-state index contributed by atoms with van der Waals surface area (Å²) in [5.74, 6) is -5.14. The predicted molar refractivity (Wildman–Crippen MR) is 139 cm³/mol. The van der Waals surface area contributed by atoms with E-state index < -0.39 is 53.4 Å². The summed E-state index contributed by atoms with van der Waals surface area (Å²) in [6.45, 7) is 7.91. The van der Waals surface area contributed by atoms with Gasteiger partial charge in [-0.05, 0) is 28.2 Å². The smallest absolute Gasteiger partial charge is 0.443 e. The van der Waals surface area contributed by atoms with Gasteiger partial charge in [0.2, 0.25) is 11.8 Å². The fourth-order valence-corrected chi connectivity index (χ4v) is 5.25. The van der Waals surface area contributed by atoms with Crippen molar-refractivity contribution in [3.63, 3.8) is 0 Å². The van der Waals surface area contributed by atoms with Gasteiger partial charge in [0.25, 0.3) is 5.91 Å². The summed E-state index contributed by atoms with van der Waals surface area (Å²) < 4.78 is 44.4. The number of primary amides is 1. The quantitative estimate of drug-likeness (QED) is 0.399. The number of nitrogens with one attached hydrogen (secondary N) is 2. The molecule has 1 unspecified atom stereocenters. The predicted octanol–water partition coefficient (Wildman–Crippen LogP) is 2.11. The number of hydrazine groups is 1. The van der Waals surface area contributed by atoms with Gasteiger partial charge in [0.15, 0.2) is 0 Å². The lowest BCUT2D eigenvalue weighted by molar-refractivity contribution is -0.176. The molecule has 0 aromatic heterocycles. The first kappa shape index (κ1) is 31.7. The lowest BCUT2D eigenvalue weighted by Crippen LogP contribution is -2.61. The summed E-state index contributed by atoms with van der Waals surface area (Å²) in [6, 6.07) is 5.97. The largest absolute Gasteiger partial charge is 0.471 e. The zero-order valence-electron chi connectivity index (χ0n) is 23.6. The zero-order valence-corrected chi connectivity index (χ0v) is 23.6. The van der Waals surface area contributed by atoms with Crippen LogP contribution in [0.4, 0.5) is 18.0 Å². The molecule has 11 nitrogen and oxygen atoms in total. The highest BCUT2D eigenvalue weighted by Crippen LogP contribution is 2.65. The van der Waals surface area contributed by atoms with Gasteiger partial charge < -0.3 is 20.7 Å². The van der Waals surface area contributed by atoms with Crippen LogP contribution < -0.4 is 16.5 Å². The van der Waals surface area contributed by atoms with Crippen LogP contribution in [0.25, 0.3) is 0 Å². The highest BCUT2D eigenvalue weighted by atomic mass is 19.4. The van der Waals surface area contributed by atoms with Gasteiger partial charge in [0.1, 0.15) is 18.7 Å². The molecular weight excluding hydrogens is 547 g/mol. The number of hydrogen-bond donors (Lipinski definition) is 3. The standard InChI is InChI=1S/C27H36F3N5O6/c1-25(2,3)20(32-23(39)27(28,29)30)22(38)34-13-16-18(26(16,4)5)19(34)21(37)33-35(12-11-17(31)36)24(40)41-14-15-9-7-6-8-10-15/h6-10,16,18-20H,11-14H2,1-5H3,(H2,31,36)(H,32,39)(H,33,37)/t16-,18-,19-,20?/m0/s1. The Morgan fingerprint density at radius 2 is 1.73 bits per heavy atom. The molecule has 1 aromatic rings. The molecule has 41 heavy (non-hydrogen) atoms. The monoisotopic (exact) mass is 583 g/mol. The van der Waals surface area contributed by atoms with Gasteiger partial charge in [0.05, 0.1) is 6.54 Å². The van der Waals surface area contributed by atoms with Crippen molar-refractivity contribution in [3.8, 4) is 0 Å². The summed E-state index contributed by atoms with van der Waals surface area (Å²) in [7, 11) is 0. The molecule has 1 saturated heterocycles. The van der Waals surface area contributed by atoms with Gasteiger partial charge in [-0.25, -0.2) is 9.80 Å². The summed E-state index contributed by atoms with van der Waals surface area (Å²) in [5, 5.41) is 2.57. The zero-order chi connectivity index (χ0) is 30.9. The lowest BCUT2D eigenvalue weighted by Gasteiger charge is -2.38. The van der Waals surface area contributed by atoms with Crippen LogP contribution in [0.15, 0.2) is 30.3 Å². The van der Waals surface area contributed by atoms with Crippen molar-refractivity contribution in [2.75, 3.05) is 13.1 Å². The van der Waals surface area contributed by atoms with E-state index >= 15 is 0 Å². The second-order valence-corrected chi connectivity index (χ2v) is 12.0. The Morgan fingerprint density at radius 1 is 1.12 bits per heavy atom. The van der Waals surface area contributed by atoms with Gasteiger partial charge in [-0.15, -0.1) is 0 Å². The average molecular weight is 584 g/mol. The molecule has 2 aliphatic rings. The van der Waals surface area contributed by atoms with Crippen molar-refractivity contribution in [2.45, 2.75) is 65.9 Å². The lowest BCUT2D eigenvalue weighted by atomic mass is 9.85. The third-order valence-electron chi connectivity index (χ3n) is 7.66. The maximum absolute atomic E-state index is 13.6. The number of rotatable bonds is 8. The van der Waals surface area contributed by atoms with E-state index in [1.807, 2.05) is 13.8 Å². The van der Waals surface area contributed by atoms with E-state index in [1.165, 1.54) is 20.8 Å². The van der Waals surface area contributed by atoms with Crippen LogP contribution in [-0.4, -0.2) is 71.0 Å². The number of hydrogen-bond acceptors (Lipinski definition) is 6. The Labute approximate surface area is 235 Å². The number of carbonyl (C=O) groups excluding carboxylic acids is 5. The summed E-state index contributed by atoms with van der Waals surface area (Å²) in [5.41, 5.74) is 6.83. The molecule has 0 bridgehead atoms. The Bertz CT molecular complexity index is 1180. The van der Waals surface area contributed by atoms with E-state index in [4.69, 9.17) is 10.5 Å². The van der Waals surface area contributed by atoms with E-state index in [2.05, 4.69) is 5.43 Å². The minimum Gasteiger partial charge on any atom is -0.443 e. The minimum atomic E-state index is -5.21. The third-order valence-corrected chi connectivity index (χ3v) is 7.66. The van der Waals surface area contributed by atoms with E-state index in [1.54, 1.807) is 35.6 Å². The van der Waals surface area contributed by atoms with Crippen molar-refractivity contribution >= 4 is 29.7 Å². The Morgan fingerprint density at radius 3 is 2.27 bits per heavy atom. The molecule has 5 amide bonds. The number of alkyl halides is 3. The van der Waals surface area contributed by atoms with E-state index in [0.717, 1.165) is 9.91 Å². The molecule has 1 saturated carbocycles. The number of likely N-dealkylation sites (tertiary alicyclic amines) is 1. The normalized spacial score (nSPS) is 21.8. The maximum atomic E-state index is 13.6. The van der Waals surface area contributed by atoms with Crippen LogP contribution in [0.3, 0.4) is 0 Å². The number of fused-ring (bicyclic) bond motifs is 1. The SMILES string of the molecule is CC(C)(C)C(NC(=O)C(F)(F)F)C(=O)N1C[C@H]2[C@@H]([C@H]1C(=O)NN(CCC(N)=O)C(=O)OCc1ccccc1)C2(C)C. The van der Waals surface area contributed by atoms with Crippen molar-refractivity contribution in [3.05, 3.63) is 35.9 Å². The van der Waals surface area contributed by atoms with E-state index in [0.29, 0.717) is 5.56 Å². The fraction of sp³-hybridized carbons (Fsp3) is 0.593. The number of nitrogens with zero attached hydrogens (tertiary/aromatic N) is 2. The molecule has 1 aliphatic carbocycles. The van der Waals surface area contributed by atoms with E-state index in [9.17, 15) is 37.1 Å². The number of halogens is 3. The minimum absolute atomic E-state index is 0.0722. The Hall–Kier alpha value is -3.84. The third kappa shape index (κ3) is 7.27. The van der Waals surface area contributed by atoms with Gasteiger partial charge in [-0.1, -0.05) is 65.0 Å². The molecule has 0 radical (unpaired) electrons. The van der Waals surface area contributed by atoms with Crippen LogP contribution in [0.5, 0.6) is 0 Å². The molecule has 3 rings (SSSR count). The highest BCUT2D eigenvalue weighted by molar-refractivity contribution is 5.95. The van der Waals surface area contributed by atoms with Crippen molar-refractivity contribution in [1.29, 1.82) is 0 Å². The maximum Gasteiger partial charge on any atom is 0.471 e. The van der Waals surface area contributed by atoms with Gasteiger partial charge >= 0.3 is 18.2 Å². The first-order valence-electron chi connectivity index (χ1n) is 13.1. The Balaban J connectivity index is 1.83. The number of piperidine rings is 1. The summed E-state index contributed by atoms with van der Waals surface area (Å²) in [6.07, 6.45) is -6.49. The molecule has 0 spiro atoms. The molecule has 1 heterocycles. The molecule has 2 fully saturated rings. The summed E-state index contributed by atoms with van der Waals surface area (Å²) in [4.78, 5) is 64.5. The van der Waals surface area contributed by atoms with Crippen LogP contribution in [0, 0.1) is 22.7 Å². The van der Waals surface area contributed by atoms with Crippen LogP contribution in [0.2, 0.25) is 0 Å². The van der Waals surface area contributed by atoms with Gasteiger partial charge in [-0.3, -0.25) is 24.6 Å². The number of amides is 5. The van der Waals surface area contributed by atoms with Crippen LogP contribution >= 0.6 is 0 Å². The molecule has 1 aromatic carbocycles. The molecule has 14 heteroatoms. The van der Waals surface area contributed by atoms with E-state index in [-0.39, 0.29) is 43.4 Å². The van der Waals surface area contributed by atoms with Crippen molar-refractivity contribution < 1.29 is 41.9 Å². The topological polar surface area (TPSA) is 151 Å². The van der Waals surface area contributed by atoms with Crippen LogP contribution in [0.1, 0.15) is 46.6 Å². The summed E-state index contributed by atoms with van der Waals surface area (Å²) >= 11 is 0. The average Bonchev–Trinajstić information content (AvgIpc) is 3.20. The highest BCUT2D eigenvalue weighted by Gasteiger charge is 2.70. The number of ether oxygens (including phenoxy) is 1. The molecular formula is C27H36F3N5O6. The fourth-order valence-electron chi connectivity index (χ4n) is 5.25. The van der Waals surface area contributed by atoms with Crippen molar-refractivity contribution in [2.24, 2.45) is 28.4 Å². The molecule has 4 atom stereocenters. The molecule has 4 N–H and O–H groups in total. The van der Waals surface area contributed by atoms with Crippen molar-refractivity contribution in [1.82, 2.24) is 20.7 Å². The number of benzene rings is 1. The van der Waals surface area contributed by atoms with Gasteiger partial charge in [0, 0.05) is 13.0 Å². The van der Waals surface area contributed by atoms with Gasteiger partial charge in [-0.2, -0.15) is 13.2 Å². The second-order valence-electron chi connectivity index (χ2n) is 12.0.